The first-order valence-corrected chi connectivity index (χ1v) is 8.67. The van der Waals surface area contributed by atoms with Crippen molar-refractivity contribution in [3.63, 3.8) is 0 Å². The van der Waals surface area contributed by atoms with E-state index < -0.39 is 12.1 Å². The van der Waals surface area contributed by atoms with Crippen molar-refractivity contribution in [2.24, 2.45) is 0 Å². The highest BCUT2D eigenvalue weighted by molar-refractivity contribution is 7.13. The van der Waals surface area contributed by atoms with Gasteiger partial charge in [-0.3, -0.25) is 4.79 Å². The molecule has 1 aromatic carbocycles. The monoisotopic (exact) mass is 360 g/mol. The molecule has 132 valence electrons. The number of benzene rings is 1. The van der Waals surface area contributed by atoms with Crippen LogP contribution in [0.2, 0.25) is 0 Å². The van der Waals surface area contributed by atoms with Crippen molar-refractivity contribution in [1.29, 1.82) is 0 Å². The second-order valence-corrected chi connectivity index (χ2v) is 6.21. The van der Waals surface area contributed by atoms with Crippen LogP contribution in [0.1, 0.15) is 29.4 Å². The molecule has 0 bridgehead atoms. The van der Waals surface area contributed by atoms with Gasteiger partial charge in [-0.25, -0.2) is 9.78 Å². The normalized spacial score (nSPS) is 11.7. The number of carboxylic acid groups (broad SMARTS) is 1. The highest BCUT2D eigenvalue weighted by Gasteiger charge is 2.13. The third-order valence-corrected chi connectivity index (χ3v) is 4.31. The number of hydrogen-bond acceptors (Lipinski definition) is 5. The molecular formula is C18H20N2O4S. The van der Waals surface area contributed by atoms with E-state index in [9.17, 15) is 9.59 Å². The van der Waals surface area contributed by atoms with E-state index in [-0.39, 0.29) is 11.6 Å². The van der Waals surface area contributed by atoms with Gasteiger partial charge in [-0.1, -0.05) is 24.3 Å². The Bertz CT molecular complexity index is 757. The third kappa shape index (κ3) is 5.51. The number of hydrogen-bond donors (Lipinski definition) is 2. The van der Waals surface area contributed by atoms with E-state index in [0.717, 1.165) is 11.1 Å². The van der Waals surface area contributed by atoms with Gasteiger partial charge in [-0.05, 0) is 25.0 Å². The molecule has 2 aromatic rings. The van der Waals surface area contributed by atoms with Crippen molar-refractivity contribution in [2.45, 2.75) is 26.0 Å². The fourth-order valence-corrected chi connectivity index (χ4v) is 2.85. The van der Waals surface area contributed by atoms with Gasteiger partial charge in [-0.2, -0.15) is 0 Å². The molecule has 1 heterocycles. The van der Waals surface area contributed by atoms with Crippen LogP contribution in [0.25, 0.3) is 10.6 Å². The van der Waals surface area contributed by atoms with Crippen molar-refractivity contribution in [3.8, 4) is 10.6 Å². The summed E-state index contributed by atoms with van der Waals surface area (Å²) in [4.78, 5) is 27.0. The Labute approximate surface area is 150 Å². The van der Waals surface area contributed by atoms with E-state index >= 15 is 0 Å². The summed E-state index contributed by atoms with van der Waals surface area (Å²) in [5, 5.41) is 13.9. The maximum absolute atomic E-state index is 12.0. The van der Waals surface area contributed by atoms with Crippen LogP contribution in [0.5, 0.6) is 0 Å². The molecule has 0 aliphatic carbocycles. The predicted molar refractivity (Wildman–Crippen MR) is 96.6 cm³/mol. The zero-order valence-corrected chi connectivity index (χ0v) is 14.7. The van der Waals surface area contributed by atoms with Gasteiger partial charge in [0, 0.05) is 17.5 Å². The van der Waals surface area contributed by atoms with Gasteiger partial charge >= 0.3 is 5.97 Å². The fraction of sp³-hybridized carbons (Fsp3) is 0.278. The van der Waals surface area contributed by atoms with Crippen LogP contribution < -0.4 is 5.32 Å². The van der Waals surface area contributed by atoms with Gasteiger partial charge in [0.15, 0.2) is 5.69 Å². The summed E-state index contributed by atoms with van der Waals surface area (Å²) in [6.07, 6.45) is 1.91. The van der Waals surface area contributed by atoms with Crippen LogP contribution in [0.3, 0.4) is 0 Å². The lowest BCUT2D eigenvalue weighted by Gasteiger charge is -2.13. The van der Waals surface area contributed by atoms with Crippen LogP contribution in [0.4, 0.5) is 0 Å². The van der Waals surface area contributed by atoms with Gasteiger partial charge in [0.2, 0.25) is 5.91 Å². The molecule has 1 unspecified atom stereocenters. The van der Waals surface area contributed by atoms with Crippen LogP contribution >= 0.6 is 11.3 Å². The van der Waals surface area contributed by atoms with Crippen molar-refractivity contribution >= 4 is 23.2 Å². The molecular weight excluding hydrogens is 340 g/mol. The Balaban J connectivity index is 1.95. The van der Waals surface area contributed by atoms with Crippen molar-refractivity contribution in [2.75, 3.05) is 6.61 Å². The summed E-state index contributed by atoms with van der Waals surface area (Å²) in [5.74, 6) is -1.23. The Morgan fingerprint density at radius 2 is 2.28 bits per heavy atom. The van der Waals surface area contributed by atoms with Crippen LogP contribution in [0.15, 0.2) is 42.3 Å². The molecule has 0 fully saturated rings. The molecule has 1 aromatic heterocycles. The zero-order valence-electron chi connectivity index (χ0n) is 13.9. The maximum atomic E-state index is 12.0. The number of carbonyl (C=O) groups excluding carboxylic acids is 1. The first-order chi connectivity index (χ1) is 12.0. The Hall–Kier alpha value is -2.51. The molecule has 0 saturated carbocycles. The molecule has 25 heavy (non-hydrogen) atoms. The standard InChI is InChI=1S/C18H20N2O4S/c1-3-4-8-24-12(2)16(21)19-10-13-6-5-7-14(9-13)17-20-15(11-25-17)18(22)23/h3,5-7,9,11-12H,1,4,8,10H2,2H3,(H,19,21)(H,22,23). The quantitative estimate of drug-likeness (QED) is 0.530. The summed E-state index contributed by atoms with van der Waals surface area (Å²) in [6.45, 7) is 6.13. The van der Waals surface area contributed by atoms with Gasteiger partial charge in [0.05, 0.1) is 6.61 Å². The lowest BCUT2D eigenvalue weighted by atomic mass is 10.1. The number of carbonyl (C=O) groups is 2. The van der Waals surface area contributed by atoms with Crippen LogP contribution in [-0.4, -0.2) is 34.7 Å². The van der Waals surface area contributed by atoms with Gasteiger partial charge in [-0.15, -0.1) is 17.9 Å². The average molecular weight is 360 g/mol. The molecule has 2 rings (SSSR count). The fourth-order valence-electron chi connectivity index (χ4n) is 2.06. The highest BCUT2D eigenvalue weighted by atomic mass is 32.1. The average Bonchev–Trinajstić information content (AvgIpc) is 3.10. The number of aromatic nitrogens is 1. The van der Waals surface area contributed by atoms with E-state index in [4.69, 9.17) is 9.84 Å². The molecule has 0 aliphatic rings. The number of aromatic carboxylic acids is 1. The SMILES string of the molecule is C=CCCOC(C)C(=O)NCc1cccc(-c2nc(C(=O)O)cs2)c1. The van der Waals surface area contributed by atoms with E-state index in [0.29, 0.717) is 24.6 Å². The predicted octanol–water partition coefficient (Wildman–Crippen LogP) is 3.11. The number of ether oxygens (including phenoxy) is 1. The largest absolute Gasteiger partial charge is 0.476 e. The van der Waals surface area contributed by atoms with Crippen LogP contribution in [-0.2, 0) is 16.1 Å². The number of amides is 1. The van der Waals surface area contributed by atoms with Crippen molar-refractivity contribution in [3.05, 3.63) is 53.6 Å². The number of nitrogens with zero attached hydrogens (tertiary/aromatic N) is 1. The molecule has 1 amide bonds. The molecule has 0 radical (unpaired) electrons. The number of nitrogens with one attached hydrogen (secondary N) is 1. The summed E-state index contributed by atoms with van der Waals surface area (Å²) < 4.78 is 5.40. The summed E-state index contributed by atoms with van der Waals surface area (Å²) >= 11 is 1.27. The lowest BCUT2D eigenvalue weighted by Crippen LogP contribution is -2.34. The summed E-state index contributed by atoms with van der Waals surface area (Å²) in [7, 11) is 0. The number of thiazole rings is 1. The van der Waals surface area contributed by atoms with E-state index in [1.807, 2.05) is 24.3 Å². The molecule has 0 saturated heterocycles. The second-order valence-electron chi connectivity index (χ2n) is 5.35. The van der Waals surface area contributed by atoms with Crippen molar-refractivity contribution in [1.82, 2.24) is 10.3 Å². The van der Waals surface area contributed by atoms with Gasteiger partial charge < -0.3 is 15.2 Å². The Morgan fingerprint density at radius 1 is 1.48 bits per heavy atom. The minimum Gasteiger partial charge on any atom is -0.476 e. The third-order valence-electron chi connectivity index (χ3n) is 3.42. The first-order valence-electron chi connectivity index (χ1n) is 7.79. The Morgan fingerprint density at radius 3 is 2.96 bits per heavy atom. The maximum Gasteiger partial charge on any atom is 0.355 e. The molecule has 1 atom stereocenters. The van der Waals surface area contributed by atoms with Gasteiger partial charge in [0.1, 0.15) is 11.1 Å². The second kappa shape index (κ2) is 9.10. The van der Waals surface area contributed by atoms with Gasteiger partial charge in [0.25, 0.3) is 0 Å². The molecule has 0 aliphatic heterocycles. The lowest BCUT2D eigenvalue weighted by molar-refractivity contribution is -0.131. The molecule has 7 heteroatoms. The minimum absolute atomic E-state index is 0.0317. The van der Waals surface area contributed by atoms with E-state index in [1.54, 1.807) is 13.0 Å². The van der Waals surface area contributed by atoms with E-state index in [1.165, 1.54) is 16.7 Å². The smallest absolute Gasteiger partial charge is 0.355 e. The molecule has 6 nitrogen and oxygen atoms in total. The minimum atomic E-state index is -1.05. The zero-order chi connectivity index (χ0) is 18.2. The summed E-state index contributed by atoms with van der Waals surface area (Å²) in [5.41, 5.74) is 1.75. The molecule has 2 N–H and O–H groups in total. The van der Waals surface area contributed by atoms with E-state index in [2.05, 4.69) is 16.9 Å². The summed E-state index contributed by atoms with van der Waals surface area (Å²) in [6, 6.07) is 7.48. The highest BCUT2D eigenvalue weighted by Crippen LogP contribution is 2.24. The Kier molecular flexibility index (Phi) is 6.85. The number of carboxylic acids is 1. The number of rotatable bonds is 9. The van der Waals surface area contributed by atoms with Crippen molar-refractivity contribution < 1.29 is 19.4 Å². The topological polar surface area (TPSA) is 88.5 Å². The van der Waals surface area contributed by atoms with Crippen LogP contribution in [0, 0.1) is 0 Å². The molecule has 0 spiro atoms. The first kappa shape index (κ1) is 18.8.